The molecule has 0 saturated carbocycles. The molecule has 178 valence electrons. The summed E-state index contributed by atoms with van der Waals surface area (Å²) in [5, 5.41) is 5.04. The van der Waals surface area contributed by atoms with Gasteiger partial charge >= 0.3 is 6.03 Å². The first-order chi connectivity index (χ1) is 16.0. The molecule has 4 amide bonds. The van der Waals surface area contributed by atoms with Gasteiger partial charge in [0.25, 0.3) is 5.91 Å². The van der Waals surface area contributed by atoms with Crippen LogP contribution in [-0.2, 0) is 20.7 Å². The third-order valence-corrected chi connectivity index (χ3v) is 8.05. The zero-order valence-electron chi connectivity index (χ0n) is 19.0. The Bertz CT molecular complexity index is 1010. The Morgan fingerprint density at radius 2 is 2.12 bits per heavy atom. The fourth-order valence-corrected chi connectivity index (χ4v) is 6.32. The van der Waals surface area contributed by atoms with E-state index >= 15 is 0 Å². The van der Waals surface area contributed by atoms with Gasteiger partial charge in [-0.2, -0.15) is 0 Å². The topological polar surface area (TPSA) is 96.2 Å². The first-order valence-electron chi connectivity index (χ1n) is 11.9. The van der Waals surface area contributed by atoms with Crippen LogP contribution in [0.4, 0.5) is 4.79 Å². The second-order valence-electron chi connectivity index (χ2n) is 9.36. The maximum absolute atomic E-state index is 13.5. The van der Waals surface area contributed by atoms with Crippen LogP contribution in [-0.4, -0.2) is 74.9 Å². The highest BCUT2D eigenvalue weighted by molar-refractivity contribution is 7.15. The number of imidazole rings is 1. The first kappa shape index (κ1) is 22.3. The number of hydrogen-bond acceptors (Lipinski definition) is 6. The first-order valence-corrected chi connectivity index (χ1v) is 12.8. The Hall–Kier alpha value is -2.46. The molecule has 0 aliphatic carbocycles. The lowest BCUT2D eigenvalue weighted by molar-refractivity contribution is -0.136. The van der Waals surface area contributed by atoms with Crippen LogP contribution in [0.5, 0.6) is 0 Å². The van der Waals surface area contributed by atoms with Gasteiger partial charge in [0.1, 0.15) is 5.54 Å². The normalized spacial score (nSPS) is 26.5. The number of carbonyl (C=O) groups excluding carboxylic acids is 3. The summed E-state index contributed by atoms with van der Waals surface area (Å²) in [7, 11) is 0. The molecule has 2 aromatic heterocycles. The zero-order valence-corrected chi connectivity index (χ0v) is 19.8. The van der Waals surface area contributed by atoms with Crippen LogP contribution < -0.4 is 5.32 Å². The highest BCUT2D eigenvalue weighted by Crippen LogP contribution is 2.37. The fraction of sp³-hybridized carbons (Fsp3) is 0.652. The van der Waals surface area contributed by atoms with Crippen molar-refractivity contribution < 1.29 is 19.1 Å². The van der Waals surface area contributed by atoms with E-state index in [1.54, 1.807) is 11.3 Å². The number of nitrogens with one attached hydrogen (secondary N) is 1. The Kier molecular flexibility index (Phi) is 6.13. The van der Waals surface area contributed by atoms with E-state index in [1.165, 1.54) is 4.90 Å². The van der Waals surface area contributed by atoms with Gasteiger partial charge in [-0.15, -0.1) is 11.3 Å². The standard InChI is InChI=1S/C23H31N5O4S/c1-2-7-23(20(30)28(21(31)25-23)15-18-4-3-11-32-18)16-5-8-26(9-6-16)19(29)13-17-14-27-10-12-33-22(27)24-17/h10,12,14,16,18H,2-9,11,13,15H2,1H3,(H,25,31)/t18-,23+/m1/s1. The number of aromatic nitrogens is 2. The van der Waals surface area contributed by atoms with Gasteiger partial charge in [0, 0.05) is 37.5 Å². The predicted octanol–water partition coefficient (Wildman–Crippen LogP) is 2.45. The summed E-state index contributed by atoms with van der Waals surface area (Å²) in [5.41, 5.74) is -0.0900. The van der Waals surface area contributed by atoms with Crippen LogP contribution in [0.3, 0.4) is 0 Å². The molecule has 3 fully saturated rings. The molecule has 2 atom stereocenters. The summed E-state index contributed by atoms with van der Waals surface area (Å²) in [5.74, 6) is -0.0383. The Labute approximate surface area is 197 Å². The maximum atomic E-state index is 13.5. The van der Waals surface area contributed by atoms with Crippen molar-refractivity contribution >= 4 is 34.1 Å². The lowest BCUT2D eigenvalue weighted by atomic mass is 9.74. The SMILES string of the molecule is CCC[C@@]1(C2CCN(C(=O)Cc3cn4ccsc4n3)CC2)NC(=O)N(C[C@H]2CCCO2)C1=O. The Morgan fingerprint density at radius 3 is 2.82 bits per heavy atom. The Morgan fingerprint density at radius 1 is 1.30 bits per heavy atom. The lowest BCUT2D eigenvalue weighted by Crippen LogP contribution is -2.56. The van der Waals surface area contributed by atoms with Crippen molar-refractivity contribution in [1.29, 1.82) is 0 Å². The third-order valence-electron chi connectivity index (χ3n) is 7.28. The van der Waals surface area contributed by atoms with Gasteiger partial charge in [-0.1, -0.05) is 13.3 Å². The monoisotopic (exact) mass is 473 g/mol. The van der Waals surface area contributed by atoms with Crippen molar-refractivity contribution in [3.63, 3.8) is 0 Å². The number of carbonyl (C=O) groups is 3. The fourth-order valence-electron chi connectivity index (χ4n) is 5.60. The molecule has 0 unspecified atom stereocenters. The molecule has 0 aromatic carbocycles. The van der Waals surface area contributed by atoms with E-state index in [1.807, 2.05) is 34.0 Å². The molecule has 5 heterocycles. The second-order valence-corrected chi connectivity index (χ2v) is 10.2. The minimum Gasteiger partial charge on any atom is -0.376 e. The maximum Gasteiger partial charge on any atom is 0.325 e. The zero-order chi connectivity index (χ0) is 23.0. The number of imide groups is 1. The number of fused-ring (bicyclic) bond motifs is 1. The molecule has 3 aliphatic rings. The molecule has 3 aliphatic heterocycles. The van der Waals surface area contributed by atoms with Crippen LogP contribution in [0.1, 0.15) is 51.1 Å². The number of piperidine rings is 1. The van der Waals surface area contributed by atoms with Crippen molar-refractivity contribution in [3.05, 3.63) is 23.5 Å². The average Bonchev–Trinajstić information content (AvgIpc) is 3.57. The van der Waals surface area contributed by atoms with E-state index < -0.39 is 5.54 Å². The van der Waals surface area contributed by atoms with Crippen molar-refractivity contribution in [2.45, 2.75) is 63.5 Å². The van der Waals surface area contributed by atoms with Crippen molar-refractivity contribution in [1.82, 2.24) is 24.5 Å². The number of thiazole rings is 1. The molecule has 1 N–H and O–H groups in total. The molecule has 0 spiro atoms. The number of rotatable bonds is 7. The minimum atomic E-state index is -0.867. The van der Waals surface area contributed by atoms with Crippen LogP contribution >= 0.6 is 11.3 Å². The van der Waals surface area contributed by atoms with Gasteiger partial charge < -0.3 is 15.0 Å². The summed E-state index contributed by atoms with van der Waals surface area (Å²) < 4.78 is 7.60. The highest BCUT2D eigenvalue weighted by Gasteiger charge is 2.55. The molecular formula is C23H31N5O4S. The second kappa shape index (κ2) is 9.06. The molecule has 5 rings (SSSR count). The number of amides is 4. The number of hydrogen-bond donors (Lipinski definition) is 1. The summed E-state index contributed by atoms with van der Waals surface area (Å²) in [6.45, 7) is 4.24. The minimum absolute atomic E-state index is 0.0189. The summed E-state index contributed by atoms with van der Waals surface area (Å²) in [6.07, 6.45) is 8.73. The molecule has 9 nitrogen and oxygen atoms in total. The molecule has 10 heteroatoms. The van der Waals surface area contributed by atoms with Crippen LogP contribution in [0.25, 0.3) is 4.96 Å². The lowest BCUT2D eigenvalue weighted by Gasteiger charge is -2.41. The van der Waals surface area contributed by atoms with Crippen LogP contribution in [0, 0.1) is 5.92 Å². The number of nitrogens with zero attached hydrogens (tertiary/aromatic N) is 4. The van der Waals surface area contributed by atoms with Crippen molar-refractivity contribution in [2.75, 3.05) is 26.2 Å². The predicted molar refractivity (Wildman–Crippen MR) is 123 cm³/mol. The van der Waals surface area contributed by atoms with Gasteiger partial charge in [-0.25, -0.2) is 9.78 Å². The van der Waals surface area contributed by atoms with E-state index in [4.69, 9.17) is 4.74 Å². The van der Waals surface area contributed by atoms with Crippen molar-refractivity contribution in [3.8, 4) is 0 Å². The van der Waals surface area contributed by atoms with Gasteiger partial charge in [-0.3, -0.25) is 18.9 Å². The van der Waals surface area contributed by atoms with E-state index in [0.29, 0.717) is 45.5 Å². The summed E-state index contributed by atoms with van der Waals surface area (Å²) in [4.78, 5) is 47.9. The number of likely N-dealkylation sites (tertiary alicyclic amines) is 1. The average molecular weight is 474 g/mol. The van der Waals surface area contributed by atoms with Crippen molar-refractivity contribution in [2.24, 2.45) is 5.92 Å². The summed E-state index contributed by atoms with van der Waals surface area (Å²) in [6, 6.07) is -0.304. The molecule has 0 radical (unpaired) electrons. The Balaban J connectivity index is 1.23. The molecule has 3 saturated heterocycles. The smallest absolute Gasteiger partial charge is 0.325 e. The third kappa shape index (κ3) is 4.14. The largest absolute Gasteiger partial charge is 0.376 e. The molecule has 2 aromatic rings. The van der Waals surface area contributed by atoms with E-state index in [2.05, 4.69) is 10.3 Å². The van der Waals surface area contributed by atoms with Gasteiger partial charge in [-0.05, 0) is 38.0 Å². The van der Waals surface area contributed by atoms with E-state index in [-0.39, 0.29) is 36.3 Å². The van der Waals surface area contributed by atoms with Gasteiger partial charge in [0.15, 0.2) is 4.96 Å². The van der Waals surface area contributed by atoms with Gasteiger partial charge in [0.05, 0.1) is 24.8 Å². The quantitative estimate of drug-likeness (QED) is 0.623. The van der Waals surface area contributed by atoms with Crippen LogP contribution in [0.15, 0.2) is 17.8 Å². The number of urea groups is 1. The molecular weight excluding hydrogens is 442 g/mol. The summed E-state index contributed by atoms with van der Waals surface area (Å²) >= 11 is 1.55. The molecule has 0 bridgehead atoms. The number of ether oxygens (including phenoxy) is 1. The highest BCUT2D eigenvalue weighted by atomic mass is 32.1. The van der Waals surface area contributed by atoms with E-state index in [0.717, 1.165) is 29.9 Å². The van der Waals surface area contributed by atoms with E-state index in [9.17, 15) is 14.4 Å². The molecule has 33 heavy (non-hydrogen) atoms. The van der Waals surface area contributed by atoms with Gasteiger partial charge in [0.2, 0.25) is 5.91 Å². The van der Waals surface area contributed by atoms with Crippen LogP contribution in [0.2, 0.25) is 0 Å².